The highest BCUT2D eigenvalue weighted by molar-refractivity contribution is 4.90. The number of hydrogen-bond donors (Lipinski definition) is 1. The Hall–Kier alpha value is -0.790. The Morgan fingerprint density at radius 2 is 0.696 bits per heavy atom. The minimum Gasteiger partial charge on any atom is -0.247 e. The van der Waals surface area contributed by atoms with Gasteiger partial charge < -0.3 is 0 Å². The third kappa shape index (κ3) is 25.3. The lowest BCUT2D eigenvalue weighted by atomic mass is 9.93. The van der Waals surface area contributed by atoms with Crippen molar-refractivity contribution in [3.8, 4) is 0 Å². The minimum atomic E-state index is 0.619. The van der Waals surface area contributed by atoms with E-state index < -0.39 is 0 Å². The molecular weight excluding hydrogens is 556 g/mol. The van der Waals surface area contributed by atoms with Gasteiger partial charge in [0.05, 0.1) is 12.0 Å². The summed E-state index contributed by atoms with van der Waals surface area (Å²) in [6.07, 6.45) is 54.7. The number of imidazole rings is 1. The second-order valence-electron chi connectivity index (χ2n) is 15.4. The fourth-order valence-electron chi connectivity index (χ4n) is 7.66. The van der Waals surface area contributed by atoms with Crippen LogP contribution in [0.5, 0.6) is 0 Å². The summed E-state index contributed by atoms with van der Waals surface area (Å²) in [5, 5.41) is 0. The van der Waals surface area contributed by atoms with Gasteiger partial charge in [0, 0.05) is 0 Å². The molecule has 0 fully saturated rings. The van der Waals surface area contributed by atoms with Crippen molar-refractivity contribution in [1.29, 1.82) is 0 Å². The predicted octanol–water partition coefficient (Wildman–Crippen LogP) is 15.7. The molecule has 2 heteroatoms. The average Bonchev–Trinajstić information content (AvgIpc) is 3.56. The van der Waals surface area contributed by atoms with Gasteiger partial charge in [-0.15, -0.1) is 0 Å². The quantitative estimate of drug-likeness (QED) is 0.0550. The van der Waals surface area contributed by atoms with Crippen molar-refractivity contribution < 1.29 is 4.57 Å². The average molecular weight is 644 g/mol. The molecule has 1 aromatic rings. The van der Waals surface area contributed by atoms with Gasteiger partial charge in [0.15, 0.2) is 0 Å². The summed E-state index contributed by atoms with van der Waals surface area (Å²) in [5.74, 6) is 2.24. The lowest BCUT2D eigenvalue weighted by Crippen LogP contribution is -2.41. The highest BCUT2D eigenvalue weighted by Gasteiger charge is 2.25. The van der Waals surface area contributed by atoms with Crippen molar-refractivity contribution in [2.75, 3.05) is 0 Å². The van der Waals surface area contributed by atoms with E-state index in [4.69, 9.17) is 0 Å². The maximum absolute atomic E-state index is 3.74. The molecule has 1 N–H and O–H groups in total. The summed E-state index contributed by atoms with van der Waals surface area (Å²) >= 11 is 0. The Morgan fingerprint density at radius 3 is 1.04 bits per heavy atom. The predicted molar refractivity (Wildman–Crippen MR) is 207 cm³/mol. The van der Waals surface area contributed by atoms with E-state index in [2.05, 4.69) is 49.6 Å². The van der Waals surface area contributed by atoms with E-state index in [9.17, 15) is 0 Å². The summed E-state index contributed by atoms with van der Waals surface area (Å²) in [5.41, 5.74) is 0. The lowest BCUT2D eigenvalue weighted by Gasteiger charge is -2.17. The second kappa shape index (κ2) is 34.1. The zero-order valence-corrected chi connectivity index (χ0v) is 32.5. The summed E-state index contributed by atoms with van der Waals surface area (Å²) in [6.45, 7) is 9.43. The van der Waals surface area contributed by atoms with E-state index in [0.717, 1.165) is 0 Å². The van der Waals surface area contributed by atoms with E-state index >= 15 is 0 Å². The van der Waals surface area contributed by atoms with Gasteiger partial charge in [-0.25, -0.2) is 9.55 Å². The molecule has 0 spiro atoms. The number of nitrogens with zero attached hydrogens (tertiary/aromatic N) is 1. The van der Waals surface area contributed by atoms with Gasteiger partial charge in [-0.05, 0) is 32.6 Å². The second-order valence-corrected chi connectivity index (χ2v) is 15.4. The first-order valence-corrected chi connectivity index (χ1v) is 21.8. The van der Waals surface area contributed by atoms with Crippen LogP contribution in [0.25, 0.3) is 0 Å². The molecule has 0 aliphatic rings. The van der Waals surface area contributed by atoms with Crippen LogP contribution in [0, 0.1) is 0 Å². The van der Waals surface area contributed by atoms with E-state index in [0.29, 0.717) is 12.0 Å². The van der Waals surface area contributed by atoms with Crippen LogP contribution in [0.4, 0.5) is 0 Å². The molecule has 1 heterocycles. The van der Waals surface area contributed by atoms with Crippen LogP contribution in [-0.4, -0.2) is 4.98 Å². The van der Waals surface area contributed by atoms with Crippen molar-refractivity contribution in [3.05, 3.63) is 18.2 Å². The maximum Gasteiger partial charge on any atom is 0.257 e. The molecule has 46 heavy (non-hydrogen) atoms. The fraction of sp³-hybridized carbons (Fsp3) is 0.932. The third-order valence-corrected chi connectivity index (χ3v) is 10.9. The minimum absolute atomic E-state index is 0.619. The van der Waals surface area contributed by atoms with Crippen LogP contribution in [-0.2, 0) is 0 Å². The van der Waals surface area contributed by atoms with Crippen molar-refractivity contribution in [2.24, 2.45) is 0 Å². The number of rotatable bonds is 37. The number of nitrogens with one attached hydrogen (secondary N) is 1. The highest BCUT2D eigenvalue weighted by Crippen LogP contribution is 2.27. The summed E-state index contributed by atoms with van der Waals surface area (Å²) in [6, 6.07) is 0.619. The van der Waals surface area contributed by atoms with Crippen LogP contribution >= 0.6 is 0 Å². The molecule has 272 valence electrons. The molecule has 0 aliphatic heterocycles. The van der Waals surface area contributed by atoms with E-state index in [1.807, 2.05) is 0 Å². The largest absolute Gasteiger partial charge is 0.257 e. The van der Waals surface area contributed by atoms with Gasteiger partial charge in [-0.2, -0.15) is 0 Å². The number of hydrogen-bond acceptors (Lipinski definition) is 0. The van der Waals surface area contributed by atoms with E-state index in [1.54, 1.807) is 0 Å². The molecule has 0 aromatic carbocycles. The van der Waals surface area contributed by atoms with E-state index in [1.165, 1.54) is 231 Å². The summed E-state index contributed by atoms with van der Waals surface area (Å²) in [7, 11) is 0. The van der Waals surface area contributed by atoms with Crippen LogP contribution in [0.2, 0.25) is 0 Å². The first kappa shape index (κ1) is 43.2. The molecule has 0 saturated heterocycles. The maximum atomic E-state index is 3.74. The van der Waals surface area contributed by atoms with Crippen LogP contribution in [0.3, 0.4) is 0 Å². The van der Waals surface area contributed by atoms with Gasteiger partial charge in [0.1, 0.15) is 12.4 Å². The normalized spacial score (nSPS) is 13.0. The summed E-state index contributed by atoms with van der Waals surface area (Å²) in [4.78, 5) is 3.74. The van der Waals surface area contributed by atoms with E-state index in [-0.39, 0.29) is 0 Å². The first-order chi connectivity index (χ1) is 22.7. The number of aromatic nitrogens is 2. The van der Waals surface area contributed by atoms with Gasteiger partial charge >= 0.3 is 0 Å². The van der Waals surface area contributed by atoms with Crippen molar-refractivity contribution >= 4 is 0 Å². The lowest BCUT2D eigenvalue weighted by molar-refractivity contribution is -0.727. The molecule has 0 saturated carbocycles. The Morgan fingerprint density at radius 1 is 0.413 bits per heavy atom. The molecule has 0 aliphatic carbocycles. The fourth-order valence-corrected chi connectivity index (χ4v) is 7.66. The molecule has 1 aromatic heterocycles. The van der Waals surface area contributed by atoms with Crippen molar-refractivity contribution in [2.45, 2.75) is 264 Å². The Kier molecular flexibility index (Phi) is 32.0. The van der Waals surface area contributed by atoms with Gasteiger partial charge in [0.2, 0.25) is 0 Å². The van der Waals surface area contributed by atoms with Gasteiger partial charge in [0.25, 0.3) is 5.82 Å². The number of H-pyrrole nitrogens is 1. The van der Waals surface area contributed by atoms with Crippen LogP contribution in [0.1, 0.15) is 270 Å². The van der Waals surface area contributed by atoms with Gasteiger partial charge in [-0.1, -0.05) is 220 Å². The molecule has 2 atom stereocenters. The molecular formula is C44H87N2+. The molecule has 2 nitrogen and oxygen atoms in total. The standard InChI is InChI=1S/C44H86N2/c1-5-8-11-14-16-18-20-22-23-25-27-29-31-33-36-39-43(38-35-13-10-7-3)44-45-40-41-46(44)42(4)37-34-32-30-28-26-24-21-19-17-15-12-9-6-2/h40-43H,5-39H2,1-4H3/p+1. The van der Waals surface area contributed by atoms with Crippen molar-refractivity contribution in [3.63, 3.8) is 0 Å². The molecule has 0 amide bonds. The zero-order valence-electron chi connectivity index (χ0n) is 32.5. The van der Waals surface area contributed by atoms with Crippen molar-refractivity contribution in [1.82, 2.24) is 4.98 Å². The zero-order chi connectivity index (χ0) is 33.2. The Bertz CT molecular complexity index is 709. The Labute approximate surface area is 291 Å². The molecule has 0 bridgehead atoms. The molecule has 1 rings (SSSR count). The number of unbranched alkanes of at least 4 members (excludes halogenated alkanes) is 29. The smallest absolute Gasteiger partial charge is 0.247 e. The molecule has 0 radical (unpaired) electrons. The third-order valence-electron chi connectivity index (χ3n) is 10.9. The SMILES string of the molecule is CCCCCCCCCCCCCCCCCC(CCCCCC)c1[nH]cc[n+]1C(C)CCCCCCCCCCCCCCC. The monoisotopic (exact) mass is 644 g/mol. The topological polar surface area (TPSA) is 19.7 Å². The Balaban J connectivity index is 2.23. The number of aromatic amines is 1. The molecule has 2 unspecified atom stereocenters. The highest BCUT2D eigenvalue weighted by atomic mass is 15.1. The van der Waals surface area contributed by atoms with Crippen LogP contribution < -0.4 is 4.57 Å². The summed E-state index contributed by atoms with van der Waals surface area (Å²) < 4.78 is 2.64. The van der Waals surface area contributed by atoms with Crippen LogP contribution in [0.15, 0.2) is 12.4 Å². The van der Waals surface area contributed by atoms with Gasteiger partial charge in [-0.3, -0.25) is 0 Å². The first-order valence-electron chi connectivity index (χ1n) is 21.8.